The molecule has 166 valence electrons. The minimum Gasteiger partial charge on any atom is -0.481 e. The van der Waals surface area contributed by atoms with Gasteiger partial charge in [-0.15, -0.1) is 0 Å². The molecule has 2 aromatic rings. The lowest BCUT2D eigenvalue weighted by molar-refractivity contribution is -0.141. The average Bonchev–Trinajstić information content (AvgIpc) is 2.79. The van der Waals surface area contributed by atoms with Crippen molar-refractivity contribution in [3.05, 3.63) is 47.3 Å². The Labute approximate surface area is 183 Å². The topological polar surface area (TPSA) is 88.6 Å². The molecule has 4 rings (SSSR count). The third-order valence-electron chi connectivity index (χ3n) is 6.00. The quantitative estimate of drug-likeness (QED) is 0.590. The summed E-state index contributed by atoms with van der Waals surface area (Å²) in [6, 6.07) is 8.32. The number of aromatic nitrogens is 2. The van der Waals surface area contributed by atoms with Crippen LogP contribution < -0.4 is 15.4 Å². The van der Waals surface area contributed by atoms with Crippen molar-refractivity contribution in [1.82, 2.24) is 20.2 Å². The van der Waals surface area contributed by atoms with Crippen LogP contribution in [-0.4, -0.2) is 67.3 Å². The van der Waals surface area contributed by atoms with Gasteiger partial charge in [0.15, 0.2) is 0 Å². The summed E-state index contributed by atoms with van der Waals surface area (Å²) < 4.78 is 10.0. The summed E-state index contributed by atoms with van der Waals surface area (Å²) >= 11 is 0. The Balaban J connectivity index is 1.27. The van der Waals surface area contributed by atoms with Crippen LogP contribution in [0.5, 0.6) is 5.88 Å². The Bertz CT molecular complexity index is 883. The summed E-state index contributed by atoms with van der Waals surface area (Å²) in [5.74, 6) is 1.38. The van der Waals surface area contributed by atoms with Crippen LogP contribution in [0.2, 0.25) is 0 Å². The summed E-state index contributed by atoms with van der Waals surface area (Å²) in [5.41, 5.74) is 3.42. The number of methoxy groups -OCH3 is 2. The first-order valence-electron chi connectivity index (χ1n) is 10.9. The molecule has 2 N–H and O–H groups in total. The minimum atomic E-state index is -0.239. The van der Waals surface area contributed by atoms with Crippen LogP contribution in [0.25, 0.3) is 0 Å². The number of pyridine rings is 2. The number of fused-ring (bicyclic) bond motifs is 1. The van der Waals surface area contributed by atoms with Crippen molar-refractivity contribution in [2.75, 3.05) is 45.7 Å². The highest BCUT2D eigenvalue weighted by atomic mass is 16.5. The monoisotopic (exact) mass is 425 g/mol. The maximum atomic E-state index is 11.9. The van der Waals surface area contributed by atoms with Crippen molar-refractivity contribution in [3.63, 3.8) is 0 Å². The average molecular weight is 426 g/mol. The highest BCUT2D eigenvalue weighted by Gasteiger charge is 2.30. The lowest BCUT2D eigenvalue weighted by Crippen LogP contribution is -2.59. The number of nitrogens with zero attached hydrogens (tertiary/aromatic N) is 3. The molecule has 8 nitrogen and oxygen atoms in total. The molecule has 0 radical (unpaired) electrons. The van der Waals surface area contributed by atoms with E-state index in [1.54, 1.807) is 13.3 Å². The second-order valence-corrected chi connectivity index (χ2v) is 8.18. The molecule has 2 aromatic heterocycles. The molecule has 0 unspecified atom stereocenters. The van der Waals surface area contributed by atoms with Gasteiger partial charge in [-0.3, -0.25) is 9.69 Å². The van der Waals surface area contributed by atoms with E-state index in [-0.39, 0.29) is 18.4 Å². The summed E-state index contributed by atoms with van der Waals surface area (Å²) in [4.78, 5) is 23.4. The van der Waals surface area contributed by atoms with E-state index in [2.05, 4.69) is 32.7 Å². The third kappa shape index (κ3) is 5.51. The summed E-state index contributed by atoms with van der Waals surface area (Å²) in [7, 11) is 3.01. The Hall–Kier alpha value is -2.71. The van der Waals surface area contributed by atoms with Gasteiger partial charge in [-0.2, -0.15) is 0 Å². The molecule has 1 fully saturated rings. The van der Waals surface area contributed by atoms with E-state index in [9.17, 15) is 4.79 Å². The maximum Gasteiger partial charge on any atom is 0.307 e. The van der Waals surface area contributed by atoms with Gasteiger partial charge >= 0.3 is 5.97 Å². The van der Waals surface area contributed by atoms with E-state index in [0.717, 1.165) is 56.1 Å². The van der Waals surface area contributed by atoms with E-state index >= 15 is 0 Å². The van der Waals surface area contributed by atoms with Crippen molar-refractivity contribution < 1.29 is 14.3 Å². The molecule has 1 atom stereocenters. The molecule has 2 aliphatic heterocycles. The molecule has 4 heterocycles. The lowest BCUT2D eigenvalue weighted by Gasteiger charge is -2.41. The molecule has 2 aliphatic rings. The largest absolute Gasteiger partial charge is 0.481 e. The fourth-order valence-corrected chi connectivity index (χ4v) is 4.16. The second-order valence-electron chi connectivity index (χ2n) is 8.18. The van der Waals surface area contributed by atoms with E-state index < -0.39 is 0 Å². The molecule has 31 heavy (non-hydrogen) atoms. The van der Waals surface area contributed by atoms with Crippen LogP contribution in [0.4, 0.5) is 5.82 Å². The Kier molecular flexibility index (Phi) is 6.99. The van der Waals surface area contributed by atoms with Gasteiger partial charge in [0.25, 0.3) is 0 Å². The van der Waals surface area contributed by atoms with Crippen LogP contribution in [0.1, 0.15) is 35.7 Å². The first-order chi connectivity index (χ1) is 15.1. The number of aryl methyl sites for hydroxylation is 1. The molecule has 0 amide bonds. The van der Waals surface area contributed by atoms with Gasteiger partial charge in [0.2, 0.25) is 5.88 Å². The van der Waals surface area contributed by atoms with Gasteiger partial charge in [0.1, 0.15) is 5.82 Å². The Morgan fingerprint density at radius 3 is 2.90 bits per heavy atom. The number of likely N-dealkylation sites (tertiary alicyclic amines) is 1. The highest BCUT2D eigenvalue weighted by Crippen LogP contribution is 2.23. The van der Waals surface area contributed by atoms with Crippen molar-refractivity contribution in [1.29, 1.82) is 0 Å². The third-order valence-corrected chi connectivity index (χ3v) is 6.00. The van der Waals surface area contributed by atoms with Crippen LogP contribution in [-0.2, 0) is 22.4 Å². The number of carbonyl (C=O) groups is 1. The molecule has 0 aromatic carbocycles. The summed E-state index contributed by atoms with van der Waals surface area (Å²) in [6.45, 7) is 3.89. The van der Waals surface area contributed by atoms with Gasteiger partial charge < -0.3 is 20.1 Å². The molecule has 8 heteroatoms. The number of anilines is 1. The molecule has 1 saturated heterocycles. The van der Waals surface area contributed by atoms with Gasteiger partial charge in [-0.1, -0.05) is 12.1 Å². The molecular weight excluding hydrogens is 394 g/mol. The predicted octanol–water partition coefficient (Wildman–Crippen LogP) is 1.96. The minimum absolute atomic E-state index is 0.133. The van der Waals surface area contributed by atoms with Crippen LogP contribution in [0.15, 0.2) is 30.5 Å². The normalized spacial score (nSPS) is 17.2. The fraction of sp³-hybridized carbons (Fsp3) is 0.522. The summed E-state index contributed by atoms with van der Waals surface area (Å²) in [6.07, 6.45) is 5.26. The zero-order chi connectivity index (χ0) is 21.6. The van der Waals surface area contributed by atoms with E-state index in [1.807, 2.05) is 12.1 Å². The van der Waals surface area contributed by atoms with E-state index in [1.165, 1.54) is 19.1 Å². The zero-order valence-corrected chi connectivity index (χ0v) is 18.3. The molecule has 0 bridgehead atoms. The Morgan fingerprint density at radius 2 is 2.16 bits per heavy atom. The predicted molar refractivity (Wildman–Crippen MR) is 118 cm³/mol. The van der Waals surface area contributed by atoms with E-state index in [4.69, 9.17) is 14.5 Å². The number of nitrogens with one attached hydrogen (secondary N) is 2. The van der Waals surface area contributed by atoms with Crippen molar-refractivity contribution in [2.45, 2.75) is 37.8 Å². The molecular formula is C23H31N5O3. The van der Waals surface area contributed by atoms with Crippen molar-refractivity contribution >= 4 is 11.8 Å². The van der Waals surface area contributed by atoms with Gasteiger partial charge in [-0.05, 0) is 30.0 Å². The second kappa shape index (κ2) is 10.1. The zero-order valence-electron chi connectivity index (χ0n) is 18.3. The van der Waals surface area contributed by atoms with Gasteiger partial charge in [0, 0.05) is 62.6 Å². The van der Waals surface area contributed by atoms with Crippen LogP contribution in [0, 0.1) is 0 Å². The molecule has 0 spiro atoms. The smallest absolute Gasteiger partial charge is 0.307 e. The number of ether oxygens (including phenoxy) is 2. The lowest BCUT2D eigenvalue weighted by atomic mass is 10.0. The number of carbonyl (C=O) groups excluding carboxylic acids is 1. The van der Waals surface area contributed by atoms with Crippen molar-refractivity contribution in [2.24, 2.45) is 0 Å². The van der Waals surface area contributed by atoms with Gasteiger partial charge in [0.05, 0.1) is 20.6 Å². The first-order valence-corrected chi connectivity index (χ1v) is 10.9. The maximum absolute atomic E-state index is 11.9. The highest BCUT2D eigenvalue weighted by molar-refractivity contribution is 5.70. The van der Waals surface area contributed by atoms with Crippen LogP contribution in [0.3, 0.4) is 0 Å². The van der Waals surface area contributed by atoms with Gasteiger partial charge in [-0.25, -0.2) is 9.97 Å². The number of hydrogen-bond acceptors (Lipinski definition) is 8. The standard InChI is InChI=1S/C23H31N5O3/c1-30-21-8-6-17(13-25-21)20(12-22(29)31-2)26-19-14-28(15-19)11-9-18-7-5-16-4-3-10-24-23(16)27-18/h5-8,13,19-20,26H,3-4,9-12,14-15H2,1-2H3,(H,24,27)/t20-/m0/s1. The fourth-order valence-electron chi connectivity index (χ4n) is 4.16. The van der Waals surface area contributed by atoms with Crippen molar-refractivity contribution in [3.8, 4) is 5.88 Å². The number of hydrogen-bond donors (Lipinski definition) is 2. The molecule has 0 aliphatic carbocycles. The molecule has 0 saturated carbocycles. The van der Waals surface area contributed by atoms with E-state index in [0.29, 0.717) is 11.9 Å². The van der Waals surface area contributed by atoms with Crippen LogP contribution >= 0.6 is 0 Å². The Morgan fingerprint density at radius 1 is 1.29 bits per heavy atom. The summed E-state index contributed by atoms with van der Waals surface area (Å²) in [5, 5.41) is 7.00. The number of esters is 1. The number of rotatable bonds is 9. The first kappa shape index (κ1) is 21.5. The SMILES string of the molecule is COC(=O)C[C@H](NC1CN(CCc2ccc3c(n2)NCCC3)C1)c1ccc(OC)nc1.